The molecule has 1 aromatic carbocycles. The Morgan fingerprint density at radius 1 is 1.00 bits per heavy atom. The molecule has 0 spiro atoms. The molecule has 1 aromatic rings. The summed E-state index contributed by atoms with van der Waals surface area (Å²) < 4.78 is 5.30. The zero-order valence-electron chi connectivity index (χ0n) is 21.5. The Morgan fingerprint density at radius 2 is 1.67 bits per heavy atom. The number of nitrogens with one attached hydrogen (secondary N) is 3. The highest BCUT2D eigenvalue weighted by atomic mass is 16.5. The van der Waals surface area contributed by atoms with Gasteiger partial charge >= 0.3 is 18.0 Å². The highest BCUT2D eigenvalue weighted by Crippen LogP contribution is 2.24. The maximum Gasteiger partial charge on any atom is 0.326 e. The van der Waals surface area contributed by atoms with Crippen LogP contribution in [0.5, 0.6) is 0 Å². The third-order valence-corrected chi connectivity index (χ3v) is 6.63. The van der Waals surface area contributed by atoms with Gasteiger partial charge in [-0.25, -0.2) is 9.59 Å². The van der Waals surface area contributed by atoms with Gasteiger partial charge in [-0.3, -0.25) is 9.59 Å². The van der Waals surface area contributed by atoms with Crippen molar-refractivity contribution in [3.63, 3.8) is 0 Å². The van der Waals surface area contributed by atoms with Gasteiger partial charge in [0.05, 0.1) is 0 Å². The number of carbonyl (C=O) groups is 4. The maximum atomic E-state index is 13.1. The van der Waals surface area contributed by atoms with Gasteiger partial charge in [0.25, 0.3) is 0 Å². The molecular formula is C27H41N3O6. The third kappa shape index (κ3) is 10.7. The molecule has 0 radical (unpaired) electrons. The first-order chi connectivity index (χ1) is 17.3. The monoisotopic (exact) mass is 503 g/mol. The number of amides is 3. The van der Waals surface area contributed by atoms with E-state index in [9.17, 15) is 24.3 Å². The Labute approximate surface area is 213 Å². The lowest BCUT2D eigenvalue weighted by Crippen LogP contribution is -2.55. The van der Waals surface area contributed by atoms with Gasteiger partial charge in [-0.15, -0.1) is 0 Å². The summed E-state index contributed by atoms with van der Waals surface area (Å²) in [6, 6.07) is 6.77. The smallest absolute Gasteiger partial charge is 0.326 e. The van der Waals surface area contributed by atoms with Crippen molar-refractivity contribution in [1.29, 1.82) is 0 Å². The predicted molar refractivity (Wildman–Crippen MR) is 136 cm³/mol. The largest absolute Gasteiger partial charge is 0.480 e. The number of benzene rings is 1. The predicted octanol–water partition coefficient (Wildman–Crippen LogP) is 3.91. The van der Waals surface area contributed by atoms with Crippen LogP contribution in [0.25, 0.3) is 0 Å². The summed E-state index contributed by atoms with van der Waals surface area (Å²) in [5, 5.41) is 17.6. The Bertz CT molecular complexity index is 847. The summed E-state index contributed by atoms with van der Waals surface area (Å²) in [6.07, 6.45) is 6.54. The van der Waals surface area contributed by atoms with E-state index < -0.39 is 24.1 Å². The van der Waals surface area contributed by atoms with Crippen LogP contribution >= 0.6 is 0 Å². The Balaban J connectivity index is 1.93. The molecule has 4 atom stereocenters. The molecule has 2 rings (SSSR count). The summed E-state index contributed by atoms with van der Waals surface area (Å²) in [5.41, 5.74) is 0.888. The fourth-order valence-corrected chi connectivity index (χ4v) is 4.37. The van der Waals surface area contributed by atoms with Gasteiger partial charge in [0.2, 0.25) is 5.91 Å². The molecule has 1 saturated carbocycles. The zero-order valence-corrected chi connectivity index (χ0v) is 21.5. The molecule has 0 saturated heterocycles. The lowest BCUT2D eigenvalue weighted by molar-refractivity contribution is -0.145. The van der Waals surface area contributed by atoms with Gasteiger partial charge in [-0.1, -0.05) is 69.9 Å². The molecule has 1 aliphatic rings. The van der Waals surface area contributed by atoms with Crippen molar-refractivity contribution < 1.29 is 29.0 Å². The second-order valence-electron chi connectivity index (χ2n) is 9.62. The Morgan fingerprint density at radius 3 is 2.33 bits per heavy atom. The van der Waals surface area contributed by atoms with E-state index in [2.05, 4.69) is 22.9 Å². The number of carboxylic acids is 1. The van der Waals surface area contributed by atoms with Crippen molar-refractivity contribution in [3.05, 3.63) is 35.9 Å². The van der Waals surface area contributed by atoms with E-state index in [-0.39, 0.29) is 37.4 Å². The number of carbonyl (C=O) groups excluding carboxylic acids is 3. The summed E-state index contributed by atoms with van der Waals surface area (Å²) in [4.78, 5) is 49.4. The van der Waals surface area contributed by atoms with Gasteiger partial charge in [0, 0.05) is 12.5 Å². The van der Waals surface area contributed by atoms with Gasteiger partial charge in [0.1, 0.15) is 18.7 Å². The molecule has 36 heavy (non-hydrogen) atoms. The van der Waals surface area contributed by atoms with E-state index in [1.54, 1.807) is 0 Å². The molecular weight excluding hydrogens is 462 g/mol. The van der Waals surface area contributed by atoms with Gasteiger partial charge in [-0.2, -0.15) is 0 Å². The first-order valence-electron chi connectivity index (χ1n) is 13.1. The van der Waals surface area contributed by atoms with Gasteiger partial charge in [0.15, 0.2) is 0 Å². The number of unbranched alkanes of at least 4 members (excludes halogenated alkanes) is 1. The fourth-order valence-electron chi connectivity index (χ4n) is 4.37. The van der Waals surface area contributed by atoms with Crippen LogP contribution < -0.4 is 16.0 Å². The third-order valence-electron chi connectivity index (χ3n) is 6.63. The van der Waals surface area contributed by atoms with Crippen molar-refractivity contribution in [2.75, 3.05) is 0 Å². The molecule has 9 nitrogen and oxygen atoms in total. The number of aliphatic carboxylic acids is 1. The van der Waals surface area contributed by atoms with Crippen molar-refractivity contribution in [3.8, 4) is 0 Å². The minimum Gasteiger partial charge on any atom is -0.480 e. The molecule has 1 aliphatic carbocycles. The van der Waals surface area contributed by atoms with Crippen LogP contribution in [-0.2, 0) is 25.7 Å². The Hall–Kier alpha value is -3.10. The molecule has 0 bridgehead atoms. The molecule has 4 N–H and O–H groups in total. The van der Waals surface area contributed by atoms with Crippen LogP contribution in [0.15, 0.2) is 30.3 Å². The number of esters is 1. The van der Waals surface area contributed by atoms with Gasteiger partial charge in [-0.05, 0) is 43.6 Å². The second kappa shape index (κ2) is 15.8. The quantitative estimate of drug-likeness (QED) is 0.285. The average Bonchev–Trinajstić information content (AvgIpc) is 2.86. The number of carboxylic acid groups (broad SMARTS) is 1. The van der Waals surface area contributed by atoms with Crippen LogP contribution in [-0.4, -0.2) is 47.1 Å². The zero-order chi connectivity index (χ0) is 26.3. The highest BCUT2D eigenvalue weighted by molar-refractivity contribution is 5.89. The van der Waals surface area contributed by atoms with E-state index in [4.69, 9.17) is 4.74 Å². The van der Waals surface area contributed by atoms with Crippen molar-refractivity contribution >= 4 is 23.9 Å². The normalized spacial score (nSPS) is 18.9. The first kappa shape index (κ1) is 29.1. The minimum atomic E-state index is -1.11. The number of hydrogen-bond acceptors (Lipinski definition) is 5. The van der Waals surface area contributed by atoms with E-state index in [0.29, 0.717) is 25.2 Å². The number of urea groups is 1. The van der Waals surface area contributed by atoms with Crippen LogP contribution in [0.1, 0.15) is 83.6 Å². The molecule has 0 aliphatic heterocycles. The lowest BCUT2D eigenvalue weighted by Gasteiger charge is -2.31. The van der Waals surface area contributed by atoms with E-state index in [0.717, 1.165) is 37.7 Å². The second-order valence-corrected chi connectivity index (χ2v) is 9.62. The average molecular weight is 504 g/mol. The highest BCUT2D eigenvalue weighted by Gasteiger charge is 2.28. The molecule has 3 unspecified atom stereocenters. The maximum absolute atomic E-state index is 13.1. The summed E-state index contributed by atoms with van der Waals surface area (Å²) in [6.45, 7) is 4.22. The van der Waals surface area contributed by atoms with E-state index >= 15 is 0 Å². The van der Waals surface area contributed by atoms with Crippen molar-refractivity contribution in [2.24, 2.45) is 5.92 Å². The number of ether oxygens (including phenoxy) is 1. The summed E-state index contributed by atoms with van der Waals surface area (Å²) >= 11 is 0. The van der Waals surface area contributed by atoms with Gasteiger partial charge < -0.3 is 25.8 Å². The van der Waals surface area contributed by atoms with E-state index in [1.807, 2.05) is 37.3 Å². The number of rotatable bonds is 14. The van der Waals surface area contributed by atoms with E-state index in [1.165, 1.54) is 0 Å². The minimum absolute atomic E-state index is 0.0331. The first-order valence-corrected chi connectivity index (χ1v) is 13.1. The SMILES string of the molecule is CCCCC(NC(=O)N[C@H](CCCC(=O)OCc1ccccc1)C(=O)NC1CCCCC1C)C(=O)O. The summed E-state index contributed by atoms with van der Waals surface area (Å²) in [7, 11) is 0. The Kier molecular flexibility index (Phi) is 12.8. The number of hydrogen-bond donors (Lipinski definition) is 4. The standard InChI is InChI=1S/C27H41N3O6/c1-3-4-14-23(26(33)34)30-27(35)29-22(25(32)28-21-15-9-8-11-19(21)2)16-10-17-24(31)36-18-20-12-6-5-7-13-20/h5-7,12-13,19,21-23H,3-4,8-11,14-18H2,1-2H3,(H,28,32)(H,33,34)(H2,29,30,35)/t19?,21?,22-,23?/m1/s1. The summed E-state index contributed by atoms with van der Waals surface area (Å²) in [5.74, 6) is -1.47. The molecule has 200 valence electrons. The molecule has 3 amide bonds. The van der Waals surface area contributed by atoms with Crippen LogP contribution in [0.2, 0.25) is 0 Å². The topological polar surface area (TPSA) is 134 Å². The van der Waals surface area contributed by atoms with Crippen LogP contribution in [0.4, 0.5) is 4.79 Å². The fraction of sp³-hybridized carbons (Fsp3) is 0.630. The molecule has 1 fully saturated rings. The molecule has 0 aromatic heterocycles. The molecule has 0 heterocycles. The van der Waals surface area contributed by atoms with Crippen LogP contribution in [0, 0.1) is 5.92 Å². The molecule has 9 heteroatoms. The van der Waals surface area contributed by atoms with Crippen molar-refractivity contribution in [1.82, 2.24) is 16.0 Å². The lowest BCUT2D eigenvalue weighted by atomic mass is 9.85. The van der Waals surface area contributed by atoms with Crippen LogP contribution in [0.3, 0.4) is 0 Å². The van der Waals surface area contributed by atoms with Crippen molar-refractivity contribution in [2.45, 2.75) is 103 Å².